The highest BCUT2D eigenvalue weighted by Gasteiger charge is 2.14. The van der Waals surface area contributed by atoms with Crippen LogP contribution in [0.25, 0.3) is 0 Å². The third kappa shape index (κ3) is 5.08. The Balaban J connectivity index is 2.89. The summed E-state index contributed by atoms with van der Waals surface area (Å²) in [7, 11) is 1.74. The molecule has 0 heterocycles. The number of nitrogens with two attached hydrogens (primary N) is 1. The van der Waals surface area contributed by atoms with Gasteiger partial charge in [0.2, 0.25) is 0 Å². The fourth-order valence-corrected chi connectivity index (χ4v) is 2.86. The van der Waals surface area contributed by atoms with Gasteiger partial charge in [0.25, 0.3) is 0 Å². The molecule has 114 valence electrons. The zero-order valence-electron chi connectivity index (χ0n) is 13.0. The third-order valence-electron chi connectivity index (χ3n) is 3.50. The van der Waals surface area contributed by atoms with E-state index in [9.17, 15) is 0 Å². The summed E-state index contributed by atoms with van der Waals surface area (Å²) in [6, 6.07) is 7.22. The minimum absolute atomic E-state index is 0.238. The summed E-state index contributed by atoms with van der Waals surface area (Å²) < 4.78 is 6.33. The molecule has 0 aliphatic heterocycles. The summed E-state index contributed by atoms with van der Waals surface area (Å²) in [5, 5.41) is 0. The molecule has 2 N–H and O–H groups in total. The lowest BCUT2D eigenvalue weighted by molar-refractivity contribution is 0.204. The van der Waals surface area contributed by atoms with Crippen LogP contribution in [0.2, 0.25) is 0 Å². The molecule has 0 aromatic heterocycles. The summed E-state index contributed by atoms with van der Waals surface area (Å²) in [6.07, 6.45) is 1.93. The van der Waals surface area contributed by atoms with E-state index in [-0.39, 0.29) is 6.04 Å². The number of nitrogens with zero attached hydrogens (tertiary/aromatic N) is 1. The molecule has 0 fully saturated rings. The maximum Gasteiger partial charge on any atom is 0.0637 e. The first-order valence-corrected chi connectivity index (χ1v) is 8.08. The smallest absolute Gasteiger partial charge is 0.0637 e. The Morgan fingerprint density at radius 3 is 2.55 bits per heavy atom. The predicted molar refractivity (Wildman–Crippen MR) is 90.5 cm³/mol. The number of benzene rings is 1. The van der Waals surface area contributed by atoms with E-state index in [1.807, 2.05) is 0 Å². The summed E-state index contributed by atoms with van der Waals surface area (Å²) in [5.74, 6) is 0. The monoisotopic (exact) mass is 342 g/mol. The van der Waals surface area contributed by atoms with Crippen molar-refractivity contribution in [2.75, 3.05) is 25.2 Å². The molecular weight excluding hydrogens is 316 g/mol. The zero-order chi connectivity index (χ0) is 15.1. The van der Waals surface area contributed by atoms with Gasteiger partial charge in [-0.3, -0.25) is 0 Å². The Hall–Kier alpha value is -0.580. The lowest BCUT2D eigenvalue weighted by Crippen LogP contribution is -2.34. The lowest BCUT2D eigenvalue weighted by atomic mass is 10.0. The van der Waals surface area contributed by atoms with Crippen LogP contribution in [-0.4, -0.2) is 32.3 Å². The fraction of sp³-hybridized carbons (Fsp3) is 0.625. The Labute approximate surface area is 131 Å². The summed E-state index contributed by atoms with van der Waals surface area (Å²) in [6.45, 7) is 8.14. The topological polar surface area (TPSA) is 38.5 Å². The van der Waals surface area contributed by atoms with Gasteiger partial charge in [-0.1, -0.05) is 13.0 Å². The van der Waals surface area contributed by atoms with Crippen LogP contribution in [0.5, 0.6) is 0 Å². The number of methoxy groups -OCH3 is 1. The first-order valence-electron chi connectivity index (χ1n) is 7.29. The SMILES string of the molecule is CCC(N)Cc1ccc(N(CCOC)C(C)C)c(Br)c1. The van der Waals surface area contributed by atoms with Crippen molar-refractivity contribution < 1.29 is 4.74 Å². The Morgan fingerprint density at radius 1 is 1.35 bits per heavy atom. The van der Waals surface area contributed by atoms with E-state index >= 15 is 0 Å². The molecule has 4 heteroatoms. The largest absolute Gasteiger partial charge is 0.383 e. The van der Waals surface area contributed by atoms with Crippen LogP contribution >= 0.6 is 15.9 Å². The Kier molecular flexibility index (Phi) is 7.56. The van der Waals surface area contributed by atoms with Crippen LogP contribution in [0.1, 0.15) is 32.8 Å². The van der Waals surface area contributed by atoms with Gasteiger partial charge < -0.3 is 15.4 Å². The van der Waals surface area contributed by atoms with Crippen molar-refractivity contribution in [3.8, 4) is 0 Å². The molecular formula is C16H27BrN2O. The van der Waals surface area contributed by atoms with Crippen molar-refractivity contribution >= 4 is 21.6 Å². The summed E-state index contributed by atoms with van der Waals surface area (Å²) >= 11 is 3.70. The molecule has 20 heavy (non-hydrogen) atoms. The second-order valence-electron chi connectivity index (χ2n) is 5.44. The number of ether oxygens (including phenoxy) is 1. The minimum Gasteiger partial charge on any atom is -0.383 e. The van der Waals surface area contributed by atoms with Gasteiger partial charge in [0.05, 0.1) is 12.3 Å². The van der Waals surface area contributed by atoms with Gasteiger partial charge in [0.15, 0.2) is 0 Å². The molecule has 1 atom stereocenters. The average Bonchev–Trinajstić information content (AvgIpc) is 2.40. The van der Waals surface area contributed by atoms with Crippen molar-refractivity contribution in [3.63, 3.8) is 0 Å². The van der Waals surface area contributed by atoms with Gasteiger partial charge in [-0.05, 0) is 60.3 Å². The van der Waals surface area contributed by atoms with Crippen LogP contribution in [0.15, 0.2) is 22.7 Å². The van der Waals surface area contributed by atoms with Gasteiger partial charge >= 0.3 is 0 Å². The van der Waals surface area contributed by atoms with Crippen LogP contribution < -0.4 is 10.6 Å². The molecule has 1 rings (SSSR count). The molecule has 1 aromatic carbocycles. The van der Waals surface area contributed by atoms with E-state index in [1.165, 1.54) is 11.3 Å². The summed E-state index contributed by atoms with van der Waals surface area (Å²) in [5.41, 5.74) is 8.52. The maximum atomic E-state index is 6.02. The second kappa shape index (κ2) is 8.65. The Bertz CT molecular complexity index is 409. The lowest BCUT2D eigenvalue weighted by Gasteiger charge is -2.30. The molecule has 0 amide bonds. The molecule has 3 nitrogen and oxygen atoms in total. The van der Waals surface area contributed by atoms with Gasteiger partial charge in [-0.25, -0.2) is 0 Å². The number of rotatable bonds is 8. The maximum absolute atomic E-state index is 6.02. The molecule has 0 aliphatic carbocycles. The minimum atomic E-state index is 0.238. The van der Waals surface area contributed by atoms with Crippen LogP contribution in [-0.2, 0) is 11.2 Å². The van der Waals surface area contributed by atoms with Gasteiger partial charge in [0.1, 0.15) is 0 Å². The number of halogens is 1. The number of hydrogen-bond acceptors (Lipinski definition) is 3. The standard InChI is InChI=1S/C16H27BrN2O/c1-5-14(18)10-13-6-7-16(15(17)11-13)19(12(2)3)8-9-20-4/h6-7,11-12,14H,5,8-10,18H2,1-4H3. The van der Waals surface area contributed by atoms with Crippen molar-refractivity contribution in [2.45, 2.75) is 45.7 Å². The van der Waals surface area contributed by atoms with E-state index in [4.69, 9.17) is 10.5 Å². The number of anilines is 1. The summed E-state index contributed by atoms with van der Waals surface area (Å²) in [4.78, 5) is 2.34. The van der Waals surface area contributed by atoms with Crippen molar-refractivity contribution in [3.05, 3.63) is 28.2 Å². The zero-order valence-corrected chi connectivity index (χ0v) is 14.6. The normalized spacial score (nSPS) is 12.8. The van der Waals surface area contributed by atoms with Crippen LogP contribution in [0, 0.1) is 0 Å². The highest BCUT2D eigenvalue weighted by atomic mass is 79.9. The predicted octanol–water partition coefficient (Wildman–Crippen LogP) is 3.59. The van der Waals surface area contributed by atoms with Crippen molar-refractivity contribution in [1.29, 1.82) is 0 Å². The van der Waals surface area contributed by atoms with Gasteiger partial charge in [-0.2, -0.15) is 0 Å². The molecule has 0 saturated heterocycles. The molecule has 0 aliphatic rings. The third-order valence-corrected chi connectivity index (χ3v) is 4.14. The van der Waals surface area contributed by atoms with Crippen LogP contribution in [0.4, 0.5) is 5.69 Å². The highest BCUT2D eigenvalue weighted by molar-refractivity contribution is 9.10. The second-order valence-corrected chi connectivity index (χ2v) is 6.29. The molecule has 0 spiro atoms. The van der Waals surface area contributed by atoms with E-state index in [2.05, 4.69) is 59.8 Å². The van der Waals surface area contributed by atoms with E-state index in [1.54, 1.807) is 7.11 Å². The molecule has 1 aromatic rings. The van der Waals surface area contributed by atoms with Crippen LogP contribution in [0.3, 0.4) is 0 Å². The fourth-order valence-electron chi connectivity index (χ4n) is 2.20. The molecule has 0 saturated carbocycles. The first kappa shape index (κ1) is 17.5. The van der Waals surface area contributed by atoms with Gasteiger partial charge in [-0.15, -0.1) is 0 Å². The van der Waals surface area contributed by atoms with E-state index in [0.717, 1.165) is 30.5 Å². The number of hydrogen-bond donors (Lipinski definition) is 1. The highest BCUT2D eigenvalue weighted by Crippen LogP contribution is 2.29. The van der Waals surface area contributed by atoms with E-state index in [0.29, 0.717) is 6.04 Å². The Morgan fingerprint density at radius 2 is 2.05 bits per heavy atom. The molecule has 0 bridgehead atoms. The van der Waals surface area contributed by atoms with Gasteiger partial charge in [0, 0.05) is 30.2 Å². The quantitative estimate of drug-likeness (QED) is 0.784. The molecule has 1 unspecified atom stereocenters. The van der Waals surface area contributed by atoms with E-state index < -0.39 is 0 Å². The van der Waals surface area contributed by atoms with Crippen molar-refractivity contribution in [2.24, 2.45) is 5.73 Å². The average molecular weight is 343 g/mol. The molecule has 0 radical (unpaired) electrons. The van der Waals surface area contributed by atoms with Crippen molar-refractivity contribution in [1.82, 2.24) is 0 Å². The first-order chi connectivity index (χ1) is 9.49.